The molecule has 0 radical (unpaired) electrons. The highest BCUT2D eigenvalue weighted by molar-refractivity contribution is 6.09. The first-order valence-corrected chi connectivity index (χ1v) is 8.29. The van der Waals surface area contributed by atoms with Gasteiger partial charge < -0.3 is 14.3 Å². The Morgan fingerprint density at radius 1 is 1.04 bits per heavy atom. The molecule has 0 unspecified atom stereocenters. The molecule has 4 nitrogen and oxygen atoms in total. The number of alkyl halides is 3. The Kier molecular flexibility index (Phi) is 4.14. The fourth-order valence-corrected chi connectivity index (χ4v) is 3.18. The van der Waals surface area contributed by atoms with Gasteiger partial charge in [-0.1, -0.05) is 30.3 Å². The van der Waals surface area contributed by atoms with E-state index in [1.807, 2.05) is 36.4 Å². The summed E-state index contributed by atoms with van der Waals surface area (Å²) in [5, 5.41) is 2.71. The van der Waals surface area contributed by atoms with Crippen LogP contribution in [0.5, 0.6) is 0 Å². The Labute approximate surface area is 152 Å². The van der Waals surface area contributed by atoms with Crippen LogP contribution in [-0.4, -0.2) is 28.5 Å². The van der Waals surface area contributed by atoms with Crippen molar-refractivity contribution in [3.05, 3.63) is 72.3 Å². The topological polar surface area (TPSA) is 49.2 Å². The number of benzene rings is 2. The number of furan rings is 1. The molecule has 0 atom stereocenters. The fourth-order valence-electron chi connectivity index (χ4n) is 3.18. The molecule has 2 aromatic heterocycles. The minimum absolute atomic E-state index is 0.108. The van der Waals surface area contributed by atoms with Crippen molar-refractivity contribution in [2.24, 2.45) is 0 Å². The molecule has 4 aromatic rings. The molecule has 27 heavy (non-hydrogen) atoms. The fraction of sp³-hybridized carbons (Fsp3) is 0.150. The van der Waals surface area contributed by atoms with E-state index >= 15 is 0 Å². The van der Waals surface area contributed by atoms with Crippen LogP contribution in [0.15, 0.2) is 65.3 Å². The number of aromatic amines is 1. The molecule has 0 fully saturated rings. The Balaban J connectivity index is 1.72. The molecule has 138 valence electrons. The summed E-state index contributed by atoms with van der Waals surface area (Å²) in [5.74, 6) is -0.446. The number of carbonyl (C=O) groups is 1. The summed E-state index contributed by atoms with van der Waals surface area (Å²) in [7, 11) is 0. The summed E-state index contributed by atoms with van der Waals surface area (Å²) in [5.41, 5.74) is 0.805. The van der Waals surface area contributed by atoms with E-state index in [4.69, 9.17) is 4.42 Å². The van der Waals surface area contributed by atoms with Gasteiger partial charge >= 0.3 is 6.18 Å². The number of carbonyl (C=O) groups excluding carboxylic acids is 1. The van der Waals surface area contributed by atoms with Gasteiger partial charge in [0.2, 0.25) is 0 Å². The van der Waals surface area contributed by atoms with Gasteiger partial charge in [-0.15, -0.1) is 0 Å². The molecule has 7 heteroatoms. The first-order valence-electron chi connectivity index (χ1n) is 8.29. The highest BCUT2D eigenvalue weighted by atomic mass is 19.4. The van der Waals surface area contributed by atoms with Gasteiger partial charge in [-0.3, -0.25) is 4.79 Å². The first kappa shape index (κ1) is 17.2. The lowest BCUT2D eigenvalue weighted by Gasteiger charge is -2.22. The number of H-pyrrole nitrogens is 1. The molecule has 0 aliphatic heterocycles. The van der Waals surface area contributed by atoms with Crippen LogP contribution >= 0.6 is 0 Å². The smallest absolute Gasteiger partial charge is 0.406 e. The summed E-state index contributed by atoms with van der Waals surface area (Å²) in [6.45, 7) is -1.62. The zero-order valence-corrected chi connectivity index (χ0v) is 14.1. The van der Waals surface area contributed by atoms with Gasteiger partial charge in [0.15, 0.2) is 0 Å². The Morgan fingerprint density at radius 3 is 2.59 bits per heavy atom. The van der Waals surface area contributed by atoms with Gasteiger partial charge in [0.05, 0.1) is 12.8 Å². The van der Waals surface area contributed by atoms with E-state index in [1.54, 1.807) is 12.1 Å². The minimum atomic E-state index is -4.51. The predicted octanol–water partition coefficient (Wildman–Crippen LogP) is 5.12. The molecule has 0 aliphatic carbocycles. The second-order valence-electron chi connectivity index (χ2n) is 6.29. The van der Waals surface area contributed by atoms with Crippen LogP contribution in [0, 0.1) is 0 Å². The van der Waals surface area contributed by atoms with Gasteiger partial charge in [-0.2, -0.15) is 13.2 Å². The van der Waals surface area contributed by atoms with Crippen molar-refractivity contribution in [2.45, 2.75) is 12.7 Å². The second-order valence-corrected chi connectivity index (χ2v) is 6.29. The third kappa shape index (κ3) is 3.53. The van der Waals surface area contributed by atoms with E-state index in [0.29, 0.717) is 5.52 Å². The Morgan fingerprint density at radius 2 is 1.85 bits per heavy atom. The minimum Gasteiger partial charge on any atom is -0.467 e. The third-order valence-electron chi connectivity index (χ3n) is 4.34. The van der Waals surface area contributed by atoms with Crippen LogP contribution in [0.2, 0.25) is 0 Å². The zero-order chi connectivity index (χ0) is 19.0. The molecular weight excluding hydrogens is 357 g/mol. The molecule has 0 aliphatic rings. The number of amides is 1. The van der Waals surface area contributed by atoms with Gasteiger partial charge in [-0.25, -0.2) is 0 Å². The Bertz CT molecular complexity index is 1100. The van der Waals surface area contributed by atoms with E-state index in [-0.39, 0.29) is 18.0 Å². The lowest BCUT2D eigenvalue weighted by molar-refractivity contribution is -0.142. The standard InChI is InChI=1S/C20H15F3N2O2/c21-20(22,23)12-25(11-14-5-3-9-27-14)19(26)18-10-16-15-6-2-1-4-13(15)7-8-17(16)24-18/h1-10,24H,11-12H2. The molecule has 2 aromatic carbocycles. The summed E-state index contributed by atoms with van der Waals surface area (Å²) in [6.07, 6.45) is -3.15. The molecule has 0 saturated heterocycles. The van der Waals surface area contributed by atoms with E-state index in [0.717, 1.165) is 21.1 Å². The van der Waals surface area contributed by atoms with E-state index < -0.39 is 18.6 Å². The monoisotopic (exact) mass is 372 g/mol. The molecule has 0 saturated carbocycles. The van der Waals surface area contributed by atoms with Crippen molar-refractivity contribution in [3.8, 4) is 0 Å². The quantitative estimate of drug-likeness (QED) is 0.541. The molecule has 4 rings (SSSR count). The van der Waals surface area contributed by atoms with Crippen LogP contribution in [0.4, 0.5) is 13.2 Å². The zero-order valence-electron chi connectivity index (χ0n) is 14.1. The number of fused-ring (bicyclic) bond motifs is 3. The van der Waals surface area contributed by atoms with Crippen molar-refractivity contribution < 1.29 is 22.4 Å². The number of rotatable bonds is 4. The summed E-state index contributed by atoms with van der Waals surface area (Å²) in [4.78, 5) is 16.5. The SMILES string of the molecule is O=C(c1cc2c(ccc3ccccc32)[nH]1)N(Cc1ccco1)CC(F)(F)F. The van der Waals surface area contributed by atoms with E-state index in [2.05, 4.69) is 4.98 Å². The summed E-state index contributed by atoms with van der Waals surface area (Å²) < 4.78 is 44.1. The van der Waals surface area contributed by atoms with E-state index in [9.17, 15) is 18.0 Å². The molecule has 0 spiro atoms. The number of hydrogen-bond acceptors (Lipinski definition) is 2. The number of aromatic nitrogens is 1. The van der Waals surface area contributed by atoms with Crippen molar-refractivity contribution in [2.75, 3.05) is 6.54 Å². The number of nitrogens with zero attached hydrogens (tertiary/aromatic N) is 1. The highest BCUT2D eigenvalue weighted by Gasteiger charge is 2.34. The molecule has 2 heterocycles. The van der Waals surface area contributed by atoms with Gasteiger partial charge in [0, 0.05) is 10.9 Å². The summed E-state index contributed by atoms with van der Waals surface area (Å²) in [6, 6.07) is 16.1. The van der Waals surface area contributed by atoms with Gasteiger partial charge in [0.25, 0.3) is 5.91 Å². The van der Waals surface area contributed by atoms with Crippen LogP contribution in [-0.2, 0) is 6.54 Å². The third-order valence-corrected chi connectivity index (χ3v) is 4.34. The van der Waals surface area contributed by atoms with Crippen LogP contribution < -0.4 is 0 Å². The van der Waals surface area contributed by atoms with E-state index in [1.165, 1.54) is 12.3 Å². The van der Waals surface area contributed by atoms with Crippen molar-refractivity contribution >= 4 is 27.6 Å². The van der Waals surface area contributed by atoms with Crippen LogP contribution in [0.3, 0.4) is 0 Å². The van der Waals surface area contributed by atoms with Crippen molar-refractivity contribution in [1.29, 1.82) is 0 Å². The average Bonchev–Trinajstić information content (AvgIpc) is 3.28. The average molecular weight is 372 g/mol. The first-order chi connectivity index (χ1) is 12.9. The predicted molar refractivity (Wildman–Crippen MR) is 95.3 cm³/mol. The number of nitrogens with one attached hydrogen (secondary N) is 1. The molecular formula is C20H15F3N2O2. The van der Waals surface area contributed by atoms with Crippen LogP contribution in [0.25, 0.3) is 21.7 Å². The molecule has 1 N–H and O–H groups in total. The maximum Gasteiger partial charge on any atom is 0.406 e. The molecule has 1 amide bonds. The Hall–Kier alpha value is -3.22. The maximum atomic E-state index is 13.0. The molecule has 0 bridgehead atoms. The lowest BCUT2D eigenvalue weighted by Crippen LogP contribution is -2.38. The largest absolute Gasteiger partial charge is 0.467 e. The number of halogens is 3. The van der Waals surface area contributed by atoms with Crippen molar-refractivity contribution in [1.82, 2.24) is 9.88 Å². The second kappa shape index (κ2) is 6.50. The van der Waals surface area contributed by atoms with Gasteiger partial charge in [-0.05, 0) is 35.0 Å². The van der Waals surface area contributed by atoms with Crippen molar-refractivity contribution in [3.63, 3.8) is 0 Å². The highest BCUT2D eigenvalue weighted by Crippen LogP contribution is 2.27. The number of hydrogen-bond donors (Lipinski definition) is 1. The lowest BCUT2D eigenvalue weighted by atomic mass is 10.1. The maximum absolute atomic E-state index is 13.0. The summed E-state index contributed by atoms with van der Waals surface area (Å²) >= 11 is 0. The van der Waals surface area contributed by atoms with Gasteiger partial charge in [0.1, 0.15) is 18.0 Å². The normalized spacial score (nSPS) is 12.0. The van der Waals surface area contributed by atoms with Crippen LogP contribution in [0.1, 0.15) is 16.2 Å².